The first-order valence-corrected chi connectivity index (χ1v) is 8.78. The van der Waals surface area contributed by atoms with Gasteiger partial charge in [-0.05, 0) is 36.5 Å². The molecule has 26 heavy (non-hydrogen) atoms. The average Bonchev–Trinajstić information content (AvgIpc) is 3.00. The third kappa shape index (κ3) is 3.65. The highest BCUT2D eigenvalue weighted by Crippen LogP contribution is 2.32. The molecule has 1 heterocycles. The molecule has 136 valence electrons. The molecule has 1 aromatic heterocycles. The van der Waals surface area contributed by atoms with Gasteiger partial charge in [-0.25, -0.2) is 9.77 Å². The van der Waals surface area contributed by atoms with E-state index in [-0.39, 0.29) is 0 Å². The lowest BCUT2D eigenvalue weighted by atomic mass is 10.2. The van der Waals surface area contributed by atoms with Crippen LogP contribution < -0.4 is 14.9 Å². The van der Waals surface area contributed by atoms with Crippen molar-refractivity contribution in [2.75, 3.05) is 19.6 Å². The van der Waals surface area contributed by atoms with E-state index in [0.717, 1.165) is 11.1 Å². The Labute approximate surface area is 165 Å². The van der Waals surface area contributed by atoms with Crippen molar-refractivity contribution in [3.8, 4) is 22.9 Å². The highest BCUT2D eigenvalue weighted by Gasteiger charge is 2.15. The van der Waals surface area contributed by atoms with Crippen molar-refractivity contribution in [1.29, 1.82) is 0 Å². The largest absolute Gasteiger partial charge is 0.496 e. The predicted molar refractivity (Wildman–Crippen MR) is 105 cm³/mol. The second-order valence-electron chi connectivity index (χ2n) is 5.30. The Morgan fingerprint density at radius 3 is 2.69 bits per heavy atom. The van der Waals surface area contributed by atoms with Gasteiger partial charge in [0.1, 0.15) is 11.5 Å². The van der Waals surface area contributed by atoms with E-state index >= 15 is 0 Å². The van der Waals surface area contributed by atoms with E-state index in [4.69, 9.17) is 44.9 Å². The molecule has 0 radical (unpaired) electrons. The molecule has 0 saturated carbocycles. The Hall–Kier alpha value is -2.22. The van der Waals surface area contributed by atoms with Crippen molar-refractivity contribution < 1.29 is 9.47 Å². The minimum absolute atomic E-state index is 0.374. The second kappa shape index (κ2) is 7.99. The van der Waals surface area contributed by atoms with Crippen molar-refractivity contribution in [2.24, 2.45) is 0 Å². The second-order valence-corrected chi connectivity index (χ2v) is 6.53. The molecule has 9 heteroatoms. The summed E-state index contributed by atoms with van der Waals surface area (Å²) < 4.78 is 12.9. The molecule has 0 aliphatic heterocycles. The molecule has 0 aliphatic rings. The lowest BCUT2D eigenvalue weighted by Gasteiger charge is -2.15. The van der Waals surface area contributed by atoms with E-state index in [1.165, 1.54) is 0 Å². The van der Waals surface area contributed by atoms with Gasteiger partial charge < -0.3 is 14.9 Å². The summed E-state index contributed by atoms with van der Waals surface area (Å²) in [6, 6.07) is 11.0. The lowest BCUT2D eigenvalue weighted by Crippen LogP contribution is -2.16. The molecule has 3 rings (SSSR count). The molecule has 0 unspecified atom stereocenters. The summed E-state index contributed by atoms with van der Waals surface area (Å²) >= 11 is 17.6. The Bertz CT molecular complexity index is 987. The molecule has 0 spiro atoms. The SMILES string of the molecule is COc1ccccc1-c1n[nH]c(=S)n1NCc1cc(Cl)cc(Cl)c1OC. The van der Waals surface area contributed by atoms with Crippen LogP contribution in [0.1, 0.15) is 5.56 Å². The van der Waals surface area contributed by atoms with Gasteiger partial charge in [0, 0.05) is 10.6 Å². The lowest BCUT2D eigenvalue weighted by molar-refractivity contribution is 0.410. The quantitative estimate of drug-likeness (QED) is 0.577. The third-order valence-electron chi connectivity index (χ3n) is 3.74. The zero-order valence-corrected chi connectivity index (χ0v) is 16.4. The summed E-state index contributed by atoms with van der Waals surface area (Å²) in [7, 11) is 3.17. The first-order valence-electron chi connectivity index (χ1n) is 7.61. The smallest absolute Gasteiger partial charge is 0.214 e. The van der Waals surface area contributed by atoms with Gasteiger partial charge in [-0.3, -0.25) is 0 Å². The van der Waals surface area contributed by atoms with E-state index in [1.807, 2.05) is 24.3 Å². The predicted octanol–water partition coefficient (Wildman–Crippen LogP) is 4.68. The van der Waals surface area contributed by atoms with Crippen molar-refractivity contribution in [1.82, 2.24) is 14.9 Å². The molecule has 0 bridgehead atoms. The summed E-state index contributed by atoms with van der Waals surface area (Å²) in [5, 5.41) is 8.06. The van der Waals surface area contributed by atoms with Crippen LogP contribution in [0.4, 0.5) is 0 Å². The van der Waals surface area contributed by atoms with Crippen molar-refractivity contribution in [3.63, 3.8) is 0 Å². The Morgan fingerprint density at radius 2 is 1.96 bits per heavy atom. The number of H-pyrrole nitrogens is 1. The fraction of sp³-hybridized carbons (Fsp3) is 0.176. The highest BCUT2D eigenvalue weighted by atomic mass is 35.5. The molecule has 0 atom stereocenters. The molecule has 3 aromatic rings. The number of nitrogens with one attached hydrogen (secondary N) is 2. The minimum Gasteiger partial charge on any atom is -0.496 e. The third-order valence-corrected chi connectivity index (χ3v) is 4.51. The van der Waals surface area contributed by atoms with Gasteiger partial charge in [-0.2, -0.15) is 5.10 Å². The summed E-state index contributed by atoms with van der Waals surface area (Å²) in [4.78, 5) is 0. The molecule has 2 N–H and O–H groups in total. The van der Waals surface area contributed by atoms with Gasteiger partial charge in [0.05, 0.1) is 31.4 Å². The monoisotopic (exact) mass is 410 g/mol. The Kier molecular flexibility index (Phi) is 5.70. The zero-order chi connectivity index (χ0) is 18.7. The molecular formula is C17H16Cl2N4O2S. The molecule has 6 nitrogen and oxygen atoms in total. The number of methoxy groups -OCH3 is 2. The van der Waals surface area contributed by atoms with Gasteiger partial charge >= 0.3 is 0 Å². The number of ether oxygens (including phenoxy) is 2. The summed E-state index contributed by atoms with van der Waals surface area (Å²) in [6.07, 6.45) is 0. The summed E-state index contributed by atoms with van der Waals surface area (Å²) in [5.41, 5.74) is 4.81. The van der Waals surface area contributed by atoms with Crippen LogP contribution in [0.25, 0.3) is 11.4 Å². The number of benzene rings is 2. The molecule has 0 fully saturated rings. The number of hydrogen-bond donors (Lipinski definition) is 2. The normalized spacial score (nSPS) is 10.6. The zero-order valence-electron chi connectivity index (χ0n) is 14.0. The number of nitrogens with zero attached hydrogens (tertiary/aromatic N) is 2. The maximum absolute atomic E-state index is 6.19. The number of para-hydroxylation sites is 1. The number of rotatable bonds is 6. The molecule has 2 aromatic carbocycles. The van der Waals surface area contributed by atoms with E-state index in [0.29, 0.717) is 38.7 Å². The fourth-order valence-electron chi connectivity index (χ4n) is 2.59. The van der Waals surface area contributed by atoms with Crippen LogP contribution >= 0.6 is 35.4 Å². The van der Waals surface area contributed by atoms with E-state index in [1.54, 1.807) is 31.0 Å². The highest BCUT2D eigenvalue weighted by molar-refractivity contribution is 7.71. The minimum atomic E-state index is 0.374. The van der Waals surface area contributed by atoms with Crippen LogP contribution in [-0.2, 0) is 6.54 Å². The Balaban J connectivity index is 1.96. The van der Waals surface area contributed by atoms with Gasteiger partial charge in [-0.15, -0.1) is 0 Å². The first kappa shape index (κ1) is 18.6. The number of halogens is 2. The van der Waals surface area contributed by atoms with Crippen LogP contribution in [0.3, 0.4) is 0 Å². The van der Waals surface area contributed by atoms with Crippen LogP contribution in [0.2, 0.25) is 10.0 Å². The van der Waals surface area contributed by atoms with Gasteiger partial charge in [-0.1, -0.05) is 35.3 Å². The van der Waals surface area contributed by atoms with Crippen LogP contribution in [0.15, 0.2) is 36.4 Å². The van der Waals surface area contributed by atoms with Crippen LogP contribution in [0, 0.1) is 4.77 Å². The number of aromatic amines is 1. The standard InChI is InChI=1S/C17H16Cl2N4O2S/c1-24-14-6-4-3-5-12(14)16-21-22-17(26)23(16)20-9-10-7-11(18)8-13(19)15(10)25-2/h3-8,20H,9H2,1-2H3,(H,22,26). The number of aromatic nitrogens is 3. The summed E-state index contributed by atoms with van der Waals surface area (Å²) in [5.74, 6) is 1.84. The van der Waals surface area contributed by atoms with Crippen molar-refractivity contribution in [2.45, 2.75) is 6.54 Å². The van der Waals surface area contributed by atoms with Crippen molar-refractivity contribution in [3.05, 3.63) is 56.8 Å². The van der Waals surface area contributed by atoms with E-state index in [9.17, 15) is 0 Å². The molecular weight excluding hydrogens is 395 g/mol. The van der Waals surface area contributed by atoms with E-state index < -0.39 is 0 Å². The Morgan fingerprint density at radius 1 is 1.19 bits per heavy atom. The van der Waals surface area contributed by atoms with Crippen molar-refractivity contribution >= 4 is 35.4 Å². The first-order chi connectivity index (χ1) is 12.5. The maximum atomic E-state index is 6.19. The molecule has 0 amide bonds. The van der Waals surface area contributed by atoms with Gasteiger partial charge in [0.25, 0.3) is 0 Å². The van der Waals surface area contributed by atoms with Crippen LogP contribution in [-0.4, -0.2) is 29.1 Å². The average molecular weight is 411 g/mol. The fourth-order valence-corrected chi connectivity index (χ4v) is 3.40. The van der Waals surface area contributed by atoms with Gasteiger partial charge in [0.2, 0.25) is 4.77 Å². The van der Waals surface area contributed by atoms with Gasteiger partial charge in [0.15, 0.2) is 5.82 Å². The molecule has 0 saturated heterocycles. The maximum Gasteiger partial charge on any atom is 0.214 e. The summed E-state index contributed by atoms with van der Waals surface area (Å²) in [6.45, 7) is 0.374. The topological polar surface area (TPSA) is 64.1 Å². The number of hydrogen-bond acceptors (Lipinski definition) is 5. The molecule has 0 aliphatic carbocycles. The van der Waals surface area contributed by atoms with Crippen LogP contribution in [0.5, 0.6) is 11.5 Å². The van der Waals surface area contributed by atoms with E-state index in [2.05, 4.69) is 15.6 Å².